The number of aromatic carboxylic acids is 1. The van der Waals surface area contributed by atoms with Gasteiger partial charge in [-0.15, -0.1) is 0 Å². The van der Waals surface area contributed by atoms with Crippen LogP contribution in [-0.4, -0.2) is 30.8 Å². The zero-order valence-electron chi connectivity index (χ0n) is 10.1. The highest BCUT2D eigenvalue weighted by molar-refractivity contribution is 5.84. The van der Waals surface area contributed by atoms with Gasteiger partial charge in [-0.2, -0.15) is 5.10 Å². The van der Waals surface area contributed by atoms with Crippen molar-refractivity contribution >= 4 is 11.8 Å². The van der Waals surface area contributed by atoms with E-state index in [0.717, 1.165) is 11.3 Å². The van der Waals surface area contributed by atoms with Gasteiger partial charge in [0.15, 0.2) is 5.69 Å². The third-order valence-electron chi connectivity index (χ3n) is 2.67. The van der Waals surface area contributed by atoms with Crippen LogP contribution < -0.4 is 5.32 Å². The number of anilines is 1. The lowest BCUT2D eigenvalue weighted by molar-refractivity contribution is 0.0690. The molecule has 0 amide bonds. The van der Waals surface area contributed by atoms with E-state index in [-0.39, 0.29) is 5.69 Å². The molecule has 0 unspecified atom stereocenters. The molecule has 0 aliphatic heterocycles. The lowest BCUT2D eigenvalue weighted by Crippen LogP contribution is -2.06. The van der Waals surface area contributed by atoms with Crippen molar-refractivity contribution in [2.45, 2.75) is 13.5 Å². The summed E-state index contributed by atoms with van der Waals surface area (Å²) in [5.41, 5.74) is 2.05. The SMILES string of the molecule is Cc1c(CNc2cnc(C(=O)O)cn2)cnn1C. The van der Waals surface area contributed by atoms with Gasteiger partial charge < -0.3 is 10.4 Å². The Morgan fingerprint density at radius 1 is 1.39 bits per heavy atom. The molecule has 0 atom stereocenters. The number of nitrogens with one attached hydrogen (secondary N) is 1. The Kier molecular flexibility index (Phi) is 3.22. The minimum atomic E-state index is -1.09. The van der Waals surface area contributed by atoms with Crippen LogP contribution in [0.25, 0.3) is 0 Å². The number of carbonyl (C=O) groups is 1. The zero-order valence-corrected chi connectivity index (χ0v) is 10.1. The maximum Gasteiger partial charge on any atom is 0.356 e. The summed E-state index contributed by atoms with van der Waals surface area (Å²) in [6, 6.07) is 0. The molecule has 0 spiro atoms. The second-order valence-corrected chi connectivity index (χ2v) is 3.82. The lowest BCUT2D eigenvalue weighted by atomic mass is 10.2. The normalized spacial score (nSPS) is 10.3. The summed E-state index contributed by atoms with van der Waals surface area (Å²) < 4.78 is 1.79. The number of aryl methyl sites for hydroxylation is 1. The minimum absolute atomic E-state index is 0.0712. The van der Waals surface area contributed by atoms with Gasteiger partial charge in [0.25, 0.3) is 0 Å². The van der Waals surface area contributed by atoms with Crippen molar-refractivity contribution in [3.8, 4) is 0 Å². The van der Waals surface area contributed by atoms with Gasteiger partial charge in [0.2, 0.25) is 0 Å². The molecule has 0 bridgehead atoms. The number of hydrogen-bond donors (Lipinski definition) is 2. The first-order valence-corrected chi connectivity index (χ1v) is 5.34. The van der Waals surface area contributed by atoms with Crippen molar-refractivity contribution in [1.29, 1.82) is 0 Å². The number of carboxylic acid groups (broad SMARTS) is 1. The van der Waals surface area contributed by atoms with E-state index < -0.39 is 5.97 Å². The van der Waals surface area contributed by atoms with Gasteiger partial charge in [0.1, 0.15) is 5.82 Å². The van der Waals surface area contributed by atoms with Crippen LogP contribution >= 0.6 is 0 Å². The van der Waals surface area contributed by atoms with Crippen LogP contribution in [0.2, 0.25) is 0 Å². The van der Waals surface area contributed by atoms with E-state index in [1.54, 1.807) is 10.9 Å². The predicted molar refractivity (Wildman–Crippen MR) is 64.3 cm³/mol. The summed E-state index contributed by atoms with van der Waals surface area (Å²) in [6.07, 6.45) is 4.40. The van der Waals surface area contributed by atoms with Gasteiger partial charge in [-0.25, -0.2) is 14.8 Å². The van der Waals surface area contributed by atoms with E-state index in [1.165, 1.54) is 12.4 Å². The maximum atomic E-state index is 10.6. The molecule has 0 aromatic carbocycles. The summed E-state index contributed by atoms with van der Waals surface area (Å²) in [5, 5.41) is 15.9. The van der Waals surface area contributed by atoms with E-state index in [2.05, 4.69) is 20.4 Å². The standard InChI is InChI=1S/C11H13N5O2/c1-7-8(4-15-16(7)2)3-13-10-6-12-9(5-14-10)11(17)18/h4-6H,3H2,1-2H3,(H,13,14)(H,17,18). The highest BCUT2D eigenvalue weighted by Crippen LogP contribution is 2.08. The molecule has 94 valence electrons. The van der Waals surface area contributed by atoms with Crippen molar-refractivity contribution in [3.63, 3.8) is 0 Å². The fraction of sp³-hybridized carbons (Fsp3) is 0.273. The topological polar surface area (TPSA) is 92.9 Å². The monoisotopic (exact) mass is 247 g/mol. The Bertz CT molecular complexity index is 561. The molecule has 0 fully saturated rings. The Hall–Kier alpha value is -2.44. The average molecular weight is 247 g/mol. The van der Waals surface area contributed by atoms with E-state index in [1.807, 2.05) is 14.0 Å². The summed E-state index contributed by atoms with van der Waals surface area (Å²) >= 11 is 0. The van der Waals surface area contributed by atoms with Crippen molar-refractivity contribution in [1.82, 2.24) is 19.7 Å². The third kappa shape index (κ3) is 2.45. The molecule has 2 N–H and O–H groups in total. The fourth-order valence-electron chi connectivity index (χ4n) is 1.43. The van der Waals surface area contributed by atoms with Crippen LogP contribution in [0.4, 0.5) is 5.82 Å². The molecule has 0 radical (unpaired) electrons. The van der Waals surface area contributed by atoms with Gasteiger partial charge >= 0.3 is 5.97 Å². The molecule has 18 heavy (non-hydrogen) atoms. The lowest BCUT2D eigenvalue weighted by Gasteiger charge is -2.04. The second-order valence-electron chi connectivity index (χ2n) is 3.82. The van der Waals surface area contributed by atoms with Crippen molar-refractivity contribution in [2.75, 3.05) is 5.32 Å². The summed E-state index contributed by atoms with van der Waals surface area (Å²) in [4.78, 5) is 18.3. The molecule has 0 aliphatic carbocycles. The van der Waals surface area contributed by atoms with E-state index >= 15 is 0 Å². The predicted octanol–water partition coefficient (Wildman–Crippen LogP) is 0.829. The first-order valence-electron chi connectivity index (χ1n) is 5.34. The van der Waals surface area contributed by atoms with Gasteiger partial charge in [-0.3, -0.25) is 4.68 Å². The Morgan fingerprint density at radius 3 is 2.67 bits per heavy atom. The van der Waals surface area contributed by atoms with Gasteiger partial charge in [-0.05, 0) is 6.92 Å². The van der Waals surface area contributed by atoms with Crippen molar-refractivity contribution < 1.29 is 9.90 Å². The van der Waals surface area contributed by atoms with Crippen LogP contribution in [-0.2, 0) is 13.6 Å². The van der Waals surface area contributed by atoms with Crippen LogP contribution in [0.5, 0.6) is 0 Å². The largest absolute Gasteiger partial charge is 0.476 e. The van der Waals surface area contributed by atoms with Gasteiger partial charge in [-0.1, -0.05) is 0 Å². The van der Waals surface area contributed by atoms with Crippen LogP contribution in [0.3, 0.4) is 0 Å². The molecule has 0 aliphatic rings. The number of rotatable bonds is 4. The molecule has 2 aromatic heterocycles. The van der Waals surface area contributed by atoms with E-state index in [0.29, 0.717) is 12.4 Å². The van der Waals surface area contributed by atoms with E-state index in [4.69, 9.17) is 5.11 Å². The fourth-order valence-corrected chi connectivity index (χ4v) is 1.43. The first kappa shape index (κ1) is 12.0. The molecule has 7 nitrogen and oxygen atoms in total. The molecule has 0 saturated heterocycles. The molecule has 2 heterocycles. The smallest absolute Gasteiger partial charge is 0.356 e. The minimum Gasteiger partial charge on any atom is -0.476 e. The second kappa shape index (κ2) is 4.82. The third-order valence-corrected chi connectivity index (χ3v) is 2.67. The number of hydrogen-bond acceptors (Lipinski definition) is 5. The molecule has 2 aromatic rings. The highest BCUT2D eigenvalue weighted by atomic mass is 16.4. The average Bonchev–Trinajstić information content (AvgIpc) is 2.68. The summed E-state index contributed by atoms with van der Waals surface area (Å²) in [5.74, 6) is -0.555. The molecular formula is C11H13N5O2. The molecule has 0 saturated carbocycles. The van der Waals surface area contributed by atoms with Gasteiger partial charge in [0.05, 0.1) is 18.6 Å². The van der Waals surface area contributed by atoms with Crippen LogP contribution in [0, 0.1) is 6.92 Å². The molecule has 2 rings (SSSR count). The van der Waals surface area contributed by atoms with E-state index in [9.17, 15) is 4.79 Å². The van der Waals surface area contributed by atoms with Crippen molar-refractivity contribution in [2.24, 2.45) is 7.05 Å². The zero-order chi connectivity index (χ0) is 13.1. The van der Waals surface area contributed by atoms with Crippen LogP contribution in [0.1, 0.15) is 21.7 Å². The summed E-state index contributed by atoms with van der Waals surface area (Å²) in [6.45, 7) is 2.55. The van der Waals surface area contributed by atoms with Gasteiger partial charge in [0, 0.05) is 24.8 Å². The number of carboxylic acids is 1. The molecule has 7 heteroatoms. The number of nitrogens with zero attached hydrogens (tertiary/aromatic N) is 4. The Balaban J connectivity index is 2.02. The number of aromatic nitrogens is 4. The first-order chi connectivity index (χ1) is 8.58. The quantitative estimate of drug-likeness (QED) is 0.831. The molecular weight excluding hydrogens is 234 g/mol. The Labute approximate surface area is 104 Å². The Morgan fingerprint density at radius 2 is 2.17 bits per heavy atom. The summed E-state index contributed by atoms with van der Waals surface area (Å²) in [7, 11) is 1.88. The van der Waals surface area contributed by atoms with Crippen LogP contribution in [0.15, 0.2) is 18.6 Å². The highest BCUT2D eigenvalue weighted by Gasteiger charge is 2.06. The maximum absolute atomic E-state index is 10.6. The van der Waals surface area contributed by atoms with Crippen molar-refractivity contribution in [3.05, 3.63) is 35.5 Å².